The maximum absolute atomic E-state index is 13.0. The van der Waals surface area contributed by atoms with Crippen LogP contribution in [-0.4, -0.2) is 71.8 Å². The lowest BCUT2D eigenvalue weighted by atomic mass is 9.47. The van der Waals surface area contributed by atoms with Crippen LogP contribution in [0.3, 0.4) is 0 Å². The summed E-state index contributed by atoms with van der Waals surface area (Å²) in [5, 5.41) is 27.9. The number of carbonyl (C=O) groups is 2. The van der Waals surface area contributed by atoms with Gasteiger partial charge in [0.05, 0.1) is 18.4 Å². The van der Waals surface area contributed by atoms with E-state index in [9.17, 15) is 19.8 Å². The minimum Gasteiger partial charge on any atom is -0.396 e. The zero-order chi connectivity index (χ0) is 25.8. The third-order valence-electron chi connectivity index (χ3n) is 8.42. The number of nitrogens with one attached hydrogen (secondary N) is 2. The Bertz CT molecular complexity index is 891. The molecule has 0 radical (unpaired) electrons. The molecule has 0 unspecified atom stereocenters. The lowest BCUT2D eigenvalue weighted by Gasteiger charge is -2.58. The second kappa shape index (κ2) is 11.7. The number of aliphatic hydroxyl groups is 2. The number of aromatic nitrogens is 1. The molecule has 1 aromatic heterocycles. The number of unbranched alkanes of at least 4 members (excludes halogenated alkanes) is 2. The van der Waals surface area contributed by atoms with Gasteiger partial charge in [0.25, 0.3) is 0 Å². The van der Waals surface area contributed by atoms with Gasteiger partial charge in [0.15, 0.2) is 5.13 Å². The number of nitrogens with zero attached hydrogens (tertiary/aromatic N) is 2. The number of fused-ring (bicyclic) bond motifs is 2. The third-order valence-corrected chi connectivity index (χ3v) is 9.43. The topological polar surface area (TPSA) is 115 Å². The van der Waals surface area contributed by atoms with Gasteiger partial charge in [0.2, 0.25) is 11.8 Å². The van der Waals surface area contributed by atoms with Crippen molar-refractivity contribution in [2.75, 3.05) is 39.1 Å². The molecule has 0 saturated heterocycles. The van der Waals surface area contributed by atoms with Crippen LogP contribution in [0.1, 0.15) is 82.2 Å². The maximum atomic E-state index is 13.0. The molecule has 0 aromatic carbocycles. The Morgan fingerprint density at radius 2 is 1.97 bits per heavy atom. The molecule has 2 aliphatic rings. The van der Waals surface area contributed by atoms with E-state index >= 15 is 0 Å². The van der Waals surface area contributed by atoms with E-state index in [0.29, 0.717) is 37.4 Å². The van der Waals surface area contributed by atoms with E-state index in [1.807, 2.05) is 25.9 Å². The van der Waals surface area contributed by atoms with E-state index in [-0.39, 0.29) is 35.7 Å². The SMILES string of the molecule is CCCCCC(=O)Nc1nc2c(s1)C[C@@H]1[C@](C)(CO)[C@H](O)CC[C@@]1(C)[C@@H]2CC(=O)NCCN(C)C. The predicted octanol–water partition coefficient (Wildman–Crippen LogP) is 3.15. The quantitative estimate of drug-likeness (QED) is 0.342. The van der Waals surface area contributed by atoms with Crippen molar-refractivity contribution in [2.24, 2.45) is 16.7 Å². The van der Waals surface area contributed by atoms with Crippen LogP contribution in [0, 0.1) is 16.7 Å². The number of aliphatic hydroxyl groups excluding tert-OH is 2. The van der Waals surface area contributed by atoms with Crippen molar-refractivity contribution in [1.29, 1.82) is 0 Å². The lowest BCUT2D eigenvalue weighted by molar-refractivity contribution is -0.144. The van der Waals surface area contributed by atoms with Crippen LogP contribution in [-0.2, 0) is 16.0 Å². The highest BCUT2D eigenvalue weighted by Crippen LogP contribution is 2.62. The van der Waals surface area contributed by atoms with Crippen molar-refractivity contribution in [2.45, 2.75) is 84.2 Å². The maximum Gasteiger partial charge on any atom is 0.226 e. The summed E-state index contributed by atoms with van der Waals surface area (Å²) in [7, 11) is 3.95. The fourth-order valence-corrected chi connectivity index (χ4v) is 7.18. The zero-order valence-electron chi connectivity index (χ0n) is 22.0. The van der Waals surface area contributed by atoms with Crippen molar-refractivity contribution in [3.63, 3.8) is 0 Å². The Labute approximate surface area is 213 Å². The number of carbonyl (C=O) groups excluding carboxylic acids is 2. The number of anilines is 1. The second-order valence-corrected chi connectivity index (χ2v) is 12.3. The zero-order valence-corrected chi connectivity index (χ0v) is 22.8. The number of amides is 2. The van der Waals surface area contributed by atoms with E-state index in [4.69, 9.17) is 4.98 Å². The summed E-state index contributed by atoms with van der Waals surface area (Å²) in [6.45, 7) is 7.51. The second-order valence-electron chi connectivity index (χ2n) is 11.2. The Hall–Kier alpha value is -1.55. The number of likely N-dealkylation sites (N-methyl/N-ethyl adjacent to an activating group) is 1. The summed E-state index contributed by atoms with van der Waals surface area (Å²) in [6, 6.07) is 0. The van der Waals surface area contributed by atoms with Crippen LogP contribution < -0.4 is 10.6 Å². The predicted molar refractivity (Wildman–Crippen MR) is 140 cm³/mol. The van der Waals surface area contributed by atoms with Crippen LogP contribution in [0.2, 0.25) is 0 Å². The molecular formula is C26H44N4O4S. The summed E-state index contributed by atoms with van der Waals surface area (Å²) < 4.78 is 0. The molecule has 0 bridgehead atoms. The first-order valence-corrected chi connectivity index (χ1v) is 13.9. The normalized spacial score (nSPS) is 30.0. The molecule has 1 fully saturated rings. The van der Waals surface area contributed by atoms with Gasteiger partial charge in [-0.2, -0.15) is 0 Å². The van der Waals surface area contributed by atoms with Gasteiger partial charge in [-0.25, -0.2) is 4.98 Å². The summed E-state index contributed by atoms with van der Waals surface area (Å²) in [5.41, 5.74) is -0.0474. The Kier molecular flexibility index (Phi) is 9.34. The molecular weight excluding hydrogens is 464 g/mol. The first kappa shape index (κ1) is 28.0. The molecule has 2 amide bonds. The van der Waals surface area contributed by atoms with Gasteiger partial charge >= 0.3 is 0 Å². The Morgan fingerprint density at radius 1 is 1.23 bits per heavy atom. The summed E-state index contributed by atoms with van der Waals surface area (Å²) >= 11 is 1.48. The van der Waals surface area contributed by atoms with Gasteiger partial charge in [-0.05, 0) is 51.1 Å². The van der Waals surface area contributed by atoms with Crippen LogP contribution in [0.5, 0.6) is 0 Å². The standard InChI is InChI=1S/C26H44N4O4S/c1-6-7-8-9-21(33)28-24-29-23-17(14-22(34)27-12-13-30(4)5)25(2)11-10-20(32)26(3,16-31)19(25)15-18(23)35-24/h17,19-20,31-32H,6-16H2,1-5H3,(H,27,34)(H,28,29,33)/t17-,19+,20-,25+,26+/m1/s1. The monoisotopic (exact) mass is 508 g/mol. The molecule has 8 nitrogen and oxygen atoms in total. The average Bonchev–Trinajstić information content (AvgIpc) is 3.19. The van der Waals surface area contributed by atoms with E-state index in [1.165, 1.54) is 11.3 Å². The van der Waals surface area contributed by atoms with Gasteiger partial charge in [0.1, 0.15) is 0 Å². The molecule has 0 aliphatic heterocycles. The molecule has 1 heterocycles. The fourth-order valence-electron chi connectivity index (χ4n) is 6.09. The molecule has 5 atom stereocenters. The molecule has 3 rings (SSSR count). The highest BCUT2D eigenvalue weighted by molar-refractivity contribution is 7.15. The Balaban J connectivity index is 1.89. The van der Waals surface area contributed by atoms with E-state index < -0.39 is 11.5 Å². The number of hydrogen-bond donors (Lipinski definition) is 4. The Morgan fingerprint density at radius 3 is 2.63 bits per heavy atom. The van der Waals surface area contributed by atoms with Crippen LogP contribution in [0.15, 0.2) is 0 Å². The molecule has 9 heteroatoms. The van der Waals surface area contributed by atoms with E-state index in [0.717, 1.165) is 42.8 Å². The molecule has 0 spiro atoms. The lowest BCUT2D eigenvalue weighted by Crippen LogP contribution is -2.57. The van der Waals surface area contributed by atoms with Crippen LogP contribution >= 0.6 is 11.3 Å². The van der Waals surface area contributed by atoms with Crippen molar-refractivity contribution < 1.29 is 19.8 Å². The number of hydrogen-bond acceptors (Lipinski definition) is 7. The summed E-state index contributed by atoms with van der Waals surface area (Å²) in [4.78, 5) is 33.4. The number of rotatable bonds is 11. The van der Waals surface area contributed by atoms with E-state index in [1.54, 1.807) is 0 Å². The van der Waals surface area contributed by atoms with E-state index in [2.05, 4.69) is 24.5 Å². The summed E-state index contributed by atoms with van der Waals surface area (Å²) in [6.07, 6.45) is 5.17. The van der Waals surface area contributed by atoms with Gasteiger partial charge in [0, 0.05) is 42.1 Å². The van der Waals surface area contributed by atoms with Gasteiger partial charge in [-0.1, -0.05) is 33.6 Å². The van der Waals surface area contributed by atoms with Gasteiger partial charge < -0.3 is 25.7 Å². The van der Waals surface area contributed by atoms with Crippen molar-refractivity contribution in [1.82, 2.24) is 15.2 Å². The highest BCUT2D eigenvalue weighted by atomic mass is 32.1. The molecule has 2 aliphatic carbocycles. The largest absolute Gasteiger partial charge is 0.396 e. The minimum absolute atomic E-state index is 0.00406. The first-order valence-electron chi connectivity index (χ1n) is 13.0. The van der Waals surface area contributed by atoms with Gasteiger partial charge in [-0.3, -0.25) is 9.59 Å². The van der Waals surface area contributed by atoms with Gasteiger partial charge in [-0.15, -0.1) is 11.3 Å². The first-order chi connectivity index (χ1) is 16.5. The highest BCUT2D eigenvalue weighted by Gasteiger charge is 2.59. The van der Waals surface area contributed by atoms with Crippen molar-refractivity contribution in [3.05, 3.63) is 10.6 Å². The minimum atomic E-state index is -0.655. The smallest absolute Gasteiger partial charge is 0.226 e. The summed E-state index contributed by atoms with van der Waals surface area (Å²) in [5.74, 6) is -0.179. The van der Waals surface area contributed by atoms with Crippen molar-refractivity contribution in [3.8, 4) is 0 Å². The van der Waals surface area contributed by atoms with Crippen LogP contribution in [0.4, 0.5) is 5.13 Å². The number of thiazole rings is 1. The van der Waals surface area contributed by atoms with Crippen molar-refractivity contribution >= 4 is 28.3 Å². The molecule has 4 N–H and O–H groups in total. The molecule has 1 aromatic rings. The molecule has 198 valence electrons. The average molecular weight is 509 g/mol. The molecule has 1 saturated carbocycles. The molecule has 35 heavy (non-hydrogen) atoms. The third kappa shape index (κ3) is 6.06. The van der Waals surface area contributed by atoms with Crippen LogP contribution in [0.25, 0.3) is 0 Å². The fraction of sp³-hybridized carbons (Fsp3) is 0.808.